The second-order valence-electron chi connectivity index (χ2n) is 10.5. The van der Waals surface area contributed by atoms with Crippen LogP contribution in [0.1, 0.15) is 50.7 Å². The van der Waals surface area contributed by atoms with Gasteiger partial charge in [-0.2, -0.15) is 5.26 Å². The number of carbonyl (C=O) groups is 1. The number of nitrogens with one attached hydrogen (secondary N) is 2. The van der Waals surface area contributed by atoms with E-state index in [2.05, 4.69) is 16.7 Å². The molecule has 1 saturated heterocycles. The molecule has 4 N–H and O–H groups in total. The molecule has 0 radical (unpaired) electrons. The molecule has 6 nitrogen and oxygen atoms in total. The highest BCUT2D eigenvalue weighted by molar-refractivity contribution is 6.30. The number of aliphatic hydroxyl groups excluding tert-OH is 2. The van der Waals surface area contributed by atoms with Crippen LogP contribution >= 0.6 is 11.6 Å². The van der Waals surface area contributed by atoms with Crippen LogP contribution in [0.25, 0.3) is 0 Å². The summed E-state index contributed by atoms with van der Waals surface area (Å²) in [7, 11) is 0. The average Bonchev–Trinajstić information content (AvgIpc) is 3.14. The molecule has 1 heterocycles. The average molecular weight is 520 g/mol. The molecule has 2 aromatic carbocycles. The molecule has 0 aromatic heterocycles. The van der Waals surface area contributed by atoms with Crippen molar-refractivity contribution in [3.63, 3.8) is 0 Å². The van der Waals surface area contributed by atoms with Gasteiger partial charge in [0.05, 0.1) is 29.8 Å². The molecule has 1 fully saturated rings. The molecule has 194 valence electrons. The lowest BCUT2D eigenvalue weighted by molar-refractivity contribution is -0.123. The molecule has 36 heavy (non-hydrogen) atoms. The van der Waals surface area contributed by atoms with Gasteiger partial charge in [0.1, 0.15) is 17.0 Å². The van der Waals surface area contributed by atoms with Crippen LogP contribution in [0.5, 0.6) is 0 Å². The first-order chi connectivity index (χ1) is 16.9. The van der Waals surface area contributed by atoms with Crippen LogP contribution in [0.2, 0.25) is 5.02 Å². The smallest absolute Gasteiger partial charge is 0.237 e. The summed E-state index contributed by atoms with van der Waals surface area (Å²) < 4.78 is 29.4. The minimum absolute atomic E-state index is 0.0729. The van der Waals surface area contributed by atoms with Gasteiger partial charge in [-0.3, -0.25) is 4.79 Å². The summed E-state index contributed by atoms with van der Waals surface area (Å²) in [6, 6.07) is 10.8. The Balaban J connectivity index is 2.19. The second-order valence-corrected chi connectivity index (χ2v) is 10.9. The number of rotatable bonds is 8. The summed E-state index contributed by atoms with van der Waals surface area (Å²) in [6.45, 7) is 5.63. The van der Waals surface area contributed by atoms with E-state index in [-0.39, 0.29) is 29.0 Å². The Labute approximate surface area is 215 Å². The van der Waals surface area contributed by atoms with Crippen molar-refractivity contribution in [3.05, 3.63) is 70.2 Å². The number of halogens is 3. The minimum Gasteiger partial charge on any atom is -0.394 e. The second kappa shape index (κ2) is 11.2. The molecule has 4 unspecified atom stereocenters. The fourth-order valence-electron chi connectivity index (χ4n) is 5.05. The Morgan fingerprint density at radius 1 is 1.25 bits per heavy atom. The predicted octanol–water partition coefficient (Wildman–Crippen LogP) is 3.80. The van der Waals surface area contributed by atoms with Crippen molar-refractivity contribution in [2.45, 2.75) is 63.1 Å². The van der Waals surface area contributed by atoms with Crippen molar-refractivity contribution in [1.29, 1.82) is 5.26 Å². The third kappa shape index (κ3) is 5.70. The van der Waals surface area contributed by atoms with E-state index in [0.29, 0.717) is 12.0 Å². The normalized spacial score (nSPS) is 24.8. The van der Waals surface area contributed by atoms with Crippen LogP contribution in [0.15, 0.2) is 42.5 Å². The summed E-state index contributed by atoms with van der Waals surface area (Å²) in [5.41, 5.74) is -1.14. The van der Waals surface area contributed by atoms with Crippen molar-refractivity contribution in [3.8, 4) is 6.07 Å². The summed E-state index contributed by atoms with van der Waals surface area (Å²) in [6.07, 6.45) is -0.407. The minimum atomic E-state index is -1.43. The largest absolute Gasteiger partial charge is 0.394 e. The van der Waals surface area contributed by atoms with Crippen LogP contribution in [-0.2, 0) is 10.2 Å². The first-order valence-corrected chi connectivity index (χ1v) is 12.3. The molecule has 0 spiro atoms. The number of carbonyl (C=O) groups excluding carboxylic acids is 1. The number of hydrogen-bond acceptors (Lipinski definition) is 5. The van der Waals surface area contributed by atoms with Crippen molar-refractivity contribution >= 4 is 17.5 Å². The van der Waals surface area contributed by atoms with Crippen LogP contribution in [-0.4, -0.2) is 47.5 Å². The topological polar surface area (TPSA) is 105 Å². The third-order valence-electron chi connectivity index (χ3n) is 6.66. The van der Waals surface area contributed by atoms with E-state index < -0.39 is 53.7 Å². The molecule has 5 atom stereocenters. The fourth-order valence-corrected chi connectivity index (χ4v) is 5.23. The van der Waals surface area contributed by atoms with Crippen molar-refractivity contribution < 1.29 is 23.8 Å². The highest BCUT2D eigenvalue weighted by Gasteiger charge is 2.60. The zero-order valence-electron chi connectivity index (χ0n) is 20.6. The van der Waals surface area contributed by atoms with E-state index in [9.17, 15) is 19.6 Å². The van der Waals surface area contributed by atoms with E-state index in [0.717, 1.165) is 0 Å². The van der Waals surface area contributed by atoms with Crippen LogP contribution in [0, 0.1) is 28.4 Å². The molecule has 9 heteroatoms. The molecular weight excluding hydrogens is 488 g/mol. The van der Waals surface area contributed by atoms with Crippen LogP contribution in [0.4, 0.5) is 8.78 Å². The number of hydrogen-bond donors (Lipinski definition) is 4. The first-order valence-electron chi connectivity index (χ1n) is 11.9. The molecule has 1 amide bonds. The maximum atomic E-state index is 15.5. The van der Waals surface area contributed by atoms with E-state index in [1.807, 2.05) is 20.8 Å². The monoisotopic (exact) mass is 519 g/mol. The quantitative estimate of drug-likeness (QED) is 0.424. The van der Waals surface area contributed by atoms with Gasteiger partial charge < -0.3 is 20.8 Å². The van der Waals surface area contributed by atoms with Gasteiger partial charge in [-0.05, 0) is 47.6 Å². The van der Waals surface area contributed by atoms with Gasteiger partial charge >= 0.3 is 0 Å². The highest BCUT2D eigenvalue weighted by Crippen LogP contribution is 2.52. The predicted molar refractivity (Wildman–Crippen MR) is 133 cm³/mol. The molecule has 1 aliphatic rings. The Hall–Kier alpha value is -2.57. The Bertz CT molecular complexity index is 1120. The Morgan fingerprint density at radius 3 is 2.50 bits per heavy atom. The molecule has 2 aromatic rings. The van der Waals surface area contributed by atoms with Gasteiger partial charge in [0.2, 0.25) is 5.91 Å². The number of benzene rings is 2. The standard InChI is InChI=1S/C27H32ClF2N3O3/c1-26(2,3)13-21-27(15-31,16-7-9-17(29)10-8-16)22(19-5-4-6-20(28)23(19)30)24(33-21)25(36)32-12-11-18(35)14-34/h4-10,18,21-22,24,33-35H,11-14H2,1-3H3,(H,32,36)/t18-,21?,22?,24?,27?/m0/s1. The third-order valence-corrected chi connectivity index (χ3v) is 6.96. The SMILES string of the molecule is CC(C)(C)CC1NC(C(=O)NCC[C@H](O)CO)C(c2cccc(Cl)c2F)C1(C#N)c1ccc(F)cc1. The molecule has 0 aliphatic carbocycles. The van der Waals surface area contributed by atoms with Crippen molar-refractivity contribution in [2.75, 3.05) is 13.2 Å². The van der Waals surface area contributed by atoms with E-state index in [1.165, 1.54) is 36.4 Å². The van der Waals surface area contributed by atoms with Crippen LogP contribution < -0.4 is 10.6 Å². The van der Waals surface area contributed by atoms with Gasteiger partial charge in [0.25, 0.3) is 0 Å². The van der Waals surface area contributed by atoms with Crippen molar-refractivity contribution in [1.82, 2.24) is 10.6 Å². The zero-order valence-corrected chi connectivity index (χ0v) is 21.3. The van der Waals surface area contributed by atoms with E-state index in [4.69, 9.17) is 16.7 Å². The molecule has 3 rings (SSSR count). The maximum Gasteiger partial charge on any atom is 0.237 e. The molecular formula is C27H32ClF2N3O3. The molecule has 0 saturated carbocycles. The lowest BCUT2D eigenvalue weighted by atomic mass is 9.63. The van der Waals surface area contributed by atoms with Crippen LogP contribution in [0.3, 0.4) is 0 Å². The van der Waals surface area contributed by atoms with Gasteiger partial charge in [-0.25, -0.2) is 8.78 Å². The fraction of sp³-hybridized carbons (Fsp3) is 0.481. The summed E-state index contributed by atoms with van der Waals surface area (Å²) in [5.74, 6) is -2.69. The van der Waals surface area contributed by atoms with Gasteiger partial charge in [-0.15, -0.1) is 0 Å². The van der Waals surface area contributed by atoms with Gasteiger partial charge in [-0.1, -0.05) is 56.6 Å². The summed E-state index contributed by atoms with van der Waals surface area (Å²) in [4.78, 5) is 13.5. The number of nitriles is 1. The maximum absolute atomic E-state index is 15.5. The number of nitrogens with zero attached hydrogens (tertiary/aromatic N) is 1. The zero-order chi connectivity index (χ0) is 26.7. The lowest BCUT2D eigenvalue weighted by Crippen LogP contribution is -2.46. The number of amides is 1. The first kappa shape index (κ1) is 28.0. The van der Waals surface area contributed by atoms with Gasteiger partial charge in [0, 0.05) is 18.5 Å². The molecule has 1 aliphatic heterocycles. The summed E-state index contributed by atoms with van der Waals surface area (Å²) >= 11 is 6.12. The Kier molecular flexibility index (Phi) is 8.73. The van der Waals surface area contributed by atoms with E-state index in [1.54, 1.807) is 6.07 Å². The number of aliphatic hydroxyl groups is 2. The summed E-state index contributed by atoms with van der Waals surface area (Å²) in [5, 5.41) is 35.3. The molecule has 0 bridgehead atoms. The van der Waals surface area contributed by atoms with Crippen molar-refractivity contribution in [2.24, 2.45) is 5.41 Å². The van der Waals surface area contributed by atoms with Gasteiger partial charge in [0.15, 0.2) is 0 Å². The Morgan fingerprint density at radius 2 is 1.92 bits per heavy atom. The van der Waals surface area contributed by atoms with E-state index >= 15 is 4.39 Å². The highest BCUT2D eigenvalue weighted by atomic mass is 35.5. The lowest BCUT2D eigenvalue weighted by Gasteiger charge is -2.37.